The molecule has 2 heterocycles. The Kier molecular flexibility index (Phi) is 5.71. The summed E-state index contributed by atoms with van der Waals surface area (Å²) in [6, 6.07) is 2.74. The summed E-state index contributed by atoms with van der Waals surface area (Å²) in [7, 11) is -1.94. The Balaban J connectivity index is 2.01. The number of pyridine rings is 1. The molecule has 2 atom stereocenters. The van der Waals surface area contributed by atoms with E-state index in [0.29, 0.717) is 19.4 Å². The molecule has 0 bridgehead atoms. The zero-order chi connectivity index (χ0) is 16.2. The first-order chi connectivity index (χ1) is 10.4. The van der Waals surface area contributed by atoms with Crippen molar-refractivity contribution in [2.75, 3.05) is 26.0 Å². The highest BCUT2D eigenvalue weighted by Crippen LogP contribution is 2.21. The predicted octanol–water partition coefficient (Wildman–Crippen LogP) is 1.43. The average Bonchev–Trinajstić information content (AvgIpc) is 2.49. The van der Waals surface area contributed by atoms with Crippen LogP contribution in [-0.4, -0.2) is 55.9 Å². The van der Waals surface area contributed by atoms with E-state index in [-0.39, 0.29) is 24.3 Å². The molecular weight excluding hydrogens is 311 g/mol. The van der Waals surface area contributed by atoms with Crippen LogP contribution in [-0.2, 0) is 14.8 Å². The quantitative estimate of drug-likeness (QED) is 0.788. The predicted molar refractivity (Wildman–Crippen MR) is 79.7 cm³/mol. The fourth-order valence-electron chi connectivity index (χ4n) is 2.34. The molecule has 1 aliphatic heterocycles. The second-order valence-corrected chi connectivity index (χ2v) is 7.37. The van der Waals surface area contributed by atoms with E-state index >= 15 is 0 Å². The molecular formula is C14H21FN2O4S. The third-order valence-electron chi connectivity index (χ3n) is 3.58. The van der Waals surface area contributed by atoms with E-state index < -0.39 is 21.9 Å². The summed E-state index contributed by atoms with van der Waals surface area (Å²) in [6.45, 7) is 2.36. The summed E-state index contributed by atoms with van der Waals surface area (Å²) in [6.07, 6.45) is 2.00. The lowest BCUT2D eigenvalue weighted by Gasteiger charge is -2.32. The Morgan fingerprint density at radius 2 is 2.32 bits per heavy atom. The van der Waals surface area contributed by atoms with Crippen LogP contribution in [0.25, 0.3) is 0 Å². The second-order valence-electron chi connectivity index (χ2n) is 5.36. The first-order valence-corrected chi connectivity index (χ1v) is 8.81. The molecule has 0 spiro atoms. The second kappa shape index (κ2) is 7.34. The van der Waals surface area contributed by atoms with E-state index in [4.69, 9.17) is 9.47 Å². The van der Waals surface area contributed by atoms with E-state index in [2.05, 4.69) is 4.98 Å². The third kappa shape index (κ3) is 4.37. The van der Waals surface area contributed by atoms with Crippen molar-refractivity contribution in [3.63, 3.8) is 0 Å². The van der Waals surface area contributed by atoms with Gasteiger partial charge in [-0.2, -0.15) is 4.31 Å². The lowest BCUT2D eigenvalue weighted by molar-refractivity contribution is 0.114. The number of rotatable bonds is 6. The van der Waals surface area contributed by atoms with Gasteiger partial charge in [0.2, 0.25) is 10.0 Å². The van der Waals surface area contributed by atoms with Gasteiger partial charge in [0.05, 0.1) is 18.4 Å². The molecule has 124 valence electrons. The van der Waals surface area contributed by atoms with Gasteiger partial charge in [-0.05, 0) is 31.9 Å². The zero-order valence-electron chi connectivity index (χ0n) is 12.7. The van der Waals surface area contributed by atoms with Crippen LogP contribution >= 0.6 is 0 Å². The maximum Gasteiger partial charge on any atom is 0.250 e. The molecule has 1 saturated heterocycles. The minimum absolute atomic E-state index is 0.0752. The highest BCUT2D eigenvalue weighted by molar-refractivity contribution is 7.89. The number of aromatic nitrogens is 1. The van der Waals surface area contributed by atoms with Gasteiger partial charge in [-0.15, -0.1) is 0 Å². The van der Waals surface area contributed by atoms with Gasteiger partial charge in [-0.1, -0.05) is 0 Å². The Bertz CT molecular complexity index is 596. The van der Waals surface area contributed by atoms with Crippen molar-refractivity contribution in [2.24, 2.45) is 0 Å². The smallest absolute Gasteiger partial charge is 0.250 e. The van der Waals surface area contributed by atoms with Crippen LogP contribution in [0.4, 0.5) is 4.39 Å². The van der Waals surface area contributed by atoms with Gasteiger partial charge in [0.25, 0.3) is 5.88 Å². The standard InChI is InChI=1S/C14H21FN2O4S/c1-11(20-2)10-22(18,19)17-8-4-5-12(9-17)21-14-13(15)6-3-7-16-14/h3,6-7,11-12H,4-5,8-10H2,1-2H3/t11-,12-/m1/s1. The van der Waals surface area contributed by atoms with E-state index in [1.165, 1.54) is 29.7 Å². The van der Waals surface area contributed by atoms with Gasteiger partial charge in [0.15, 0.2) is 5.82 Å². The Hall–Kier alpha value is -1.25. The van der Waals surface area contributed by atoms with Gasteiger partial charge < -0.3 is 9.47 Å². The Morgan fingerprint density at radius 3 is 3.00 bits per heavy atom. The van der Waals surface area contributed by atoms with Crippen LogP contribution in [0.3, 0.4) is 0 Å². The number of hydrogen-bond acceptors (Lipinski definition) is 5. The van der Waals surface area contributed by atoms with Gasteiger partial charge in [0.1, 0.15) is 6.10 Å². The van der Waals surface area contributed by atoms with Crippen LogP contribution in [0.2, 0.25) is 0 Å². The summed E-state index contributed by atoms with van der Waals surface area (Å²) in [5.41, 5.74) is 0. The molecule has 0 amide bonds. The van der Waals surface area contributed by atoms with Gasteiger partial charge in [-0.25, -0.2) is 17.8 Å². The van der Waals surface area contributed by atoms with Crippen LogP contribution < -0.4 is 4.74 Å². The molecule has 1 aliphatic rings. The van der Waals surface area contributed by atoms with Gasteiger partial charge in [0, 0.05) is 19.9 Å². The van der Waals surface area contributed by atoms with Gasteiger partial charge >= 0.3 is 0 Å². The van der Waals surface area contributed by atoms with Crippen molar-refractivity contribution in [2.45, 2.75) is 32.0 Å². The van der Waals surface area contributed by atoms with Gasteiger partial charge in [-0.3, -0.25) is 0 Å². The molecule has 1 aromatic heterocycles. The normalized spacial score (nSPS) is 21.5. The molecule has 0 radical (unpaired) electrons. The number of halogens is 1. The Labute approximate surface area is 130 Å². The van der Waals surface area contributed by atoms with E-state index in [1.54, 1.807) is 6.92 Å². The summed E-state index contributed by atoms with van der Waals surface area (Å²) in [5.74, 6) is -0.707. The molecule has 8 heteroatoms. The fraction of sp³-hybridized carbons (Fsp3) is 0.643. The maximum absolute atomic E-state index is 13.6. The van der Waals surface area contributed by atoms with Crippen LogP contribution in [0.15, 0.2) is 18.3 Å². The molecule has 22 heavy (non-hydrogen) atoms. The monoisotopic (exact) mass is 332 g/mol. The molecule has 6 nitrogen and oxygen atoms in total. The minimum Gasteiger partial charge on any atom is -0.471 e. The fourth-order valence-corrected chi connectivity index (χ4v) is 4.08. The van der Waals surface area contributed by atoms with Crippen molar-refractivity contribution in [1.82, 2.24) is 9.29 Å². The number of nitrogens with zero attached hydrogens (tertiary/aromatic N) is 2. The van der Waals surface area contributed by atoms with Crippen molar-refractivity contribution >= 4 is 10.0 Å². The molecule has 0 saturated carbocycles. The first-order valence-electron chi connectivity index (χ1n) is 7.20. The van der Waals surface area contributed by atoms with E-state index in [0.717, 1.165) is 0 Å². The highest BCUT2D eigenvalue weighted by Gasteiger charge is 2.31. The summed E-state index contributed by atoms with van der Waals surface area (Å²) in [5, 5.41) is 0. The highest BCUT2D eigenvalue weighted by atomic mass is 32.2. The molecule has 1 aromatic rings. The number of piperidine rings is 1. The number of hydrogen-bond donors (Lipinski definition) is 0. The first kappa shape index (κ1) is 17.1. The van der Waals surface area contributed by atoms with Crippen LogP contribution in [0, 0.1) is 5.82 Å². The van der Waals surface area contributed by atoms with Crippen molar-refractivity contribution < 1.29 is 22.3 Å². The maximum atomic E-state index is 13.6. The molecule has 0 aliphatic carbocycles. The molecule has 0 aromatic carbocycles. The molecule has 1 fully saturated rings. The lowest BCUT2D eigenvalue weighted by atomic mass is 10.1. The van der Waals surface area contributed by atoms with E-state index in [9.17, 15) is 12.8 Å². The number of ether oxygens (including phenoxy) is 2. The number of sulfonamides is 1. The third-order valence-corrected chi connectivity index (χ3v) is 5.59. The largest absolute Gasteiger partial charge is 0.471 e. The SMILES string of the molecule is CO[C@H](C)CS(=O)(=O)N1CCC[C@@H](Oc2ncccc2F)C1. The van der Waals surface area contributed by atoms with Crippen molar-refractivity contribution in [3.05, 3.63) is 24.1 Å². The molecule has 0 unspecified atom stereocenters. The molecule has 0 N–H and O–H groups in total. The van der Waals surface area contributed by atoms with E-state index in [1.807, 2.05) is 0 Å². The molecule has 2 rings (SSSR count). The zero-order valence-corrected chi connectivity index (χ0v) is 13.6. The lowest BCUT2D eigenvalue weighted by Crippen LogP contribution is -2.46. The topological polar surface area (TPSA) is 68.7 Å². The van der Waals surface area contributed by atoms with Crippen LogP contribution in [0.5, 0.6) is 5.88 Å². The average molecular weight is 332 g/mol. The minimum atomic E-state index is -3.42. The number of methoxy groups -OCH3 is 1. The summed E-state index contributed by atoms with van der Waals surface area (Å²) >= 11 is 0. The Morgan fingerprint density at radius 1 is 1.55 bits per heavy atom. The van der Waals surface area contributed by atoms with Crippen molar-refractivity contribution in [1.29, 1.82) is 0 Å². The summed E-state index contributed by atoms with van der Waals surface area (Å²) in [4.78, 5) is 3.84. The van der Waals surface area contributed by atoms with Crippen molar-refractivity contribution in [3.8, 4) is 5.88 Å². The summed E-state index contributed by atoms with van der Waals surface area (Å²) < 4.78 is 50.1. The van der Waals surface area contributed by atoms with Crippen LogP contribution in [0.1, 0.15) is 19.8 Å².